The van der Waals surface area contributed by atoms with Crippen LogP contribution in [0.4, 0.5) is 5.69 Å². The number of carbonyl (C=O) groups is 1. The molecule has 0 aromatic heterocycles. The van der Waals surface area contributed by atoms with Crippen LogP contribution in [-0.2, 0) is 14.6 Å². The number of aromatic hydroxyl groups is 1. The zero-order chi connectivity index (χ0) is 16.7. The predicted molar refractivity (Wildman–Crippen MR) is 84.1 cm³/mol. The highest BCUT2D eigenvalue weighted by Crippen LogP contribution is 2.38. The third-order valence-corrected chi connectivity index (χ3v) is 5.84. The second-order valence-electron chi connectivity index (χ2n) is 5.13. The van der Waals surface area contributed by atoms with Gasteiger partial charge >= 0.3 is 0 Å². The molecule has 1 aromatic rings. The van der Waals surface area contributed by atoms with Crippen LogP contribution in [0.25, 0.3) is 0 Å². The Balaban J connectivity index is 2.45. The number of aliphatic imine (C=N–C) groups is 1. The van der Waals surface area contributed by atoms with Gasteiger partial charge < -0.3 is 10.4 Å². The fraction of sp³-hybridized carbons (Fsp3) is 0.385. The number of benzene rings is 1. The van der Waals surface area contributed by atoms with E-state index in [0.717, 1.165) is 0 Å². The van der Waals surface area contributed by atoms with Gasteiger partial charge in [-0.2, -0.15) is 0 Å². The fourth-order valence-electron chi connectivity index (χ4n) is 1.85. The minimum absolute atomic E-state index is 0.0671. The Morgan fingerprint density at radius 2 is 2.05 bits per heavy atom. The van der Waals surface area contributed by atoms with E-state index in [1.54, 1.807) is 6.92 Å². The average Bonchev–Trinajstić information content (AvgIpc) is 2.71. The van der Waals surface area contributed by atoms with Gasteiger partial charge in [0.05, 0.1) is 16.0 Å². The number of carbonyl (C=O) groups excluding carboxylic acids is 1. The quantitative estimate of drug-likeness (QED) is 0.720. The van der Waals surface area contributed by atoms with Gasteiger partial charge in [0, 0.05) is 0 Å². The van der Waals surface area contributed by atoms with Crippen LogP contribution in [0.15, 0.2) is 22.0 Å². The maximum Gasteiger partial charge on any atom is 0.251 e. The van der Waals surface area contributed by atoms with E-state index in [0.29, 0.717) is 0 Å². The molecule has 1 aromatic carbocycles. The minimum Gasteiger partial charge on any atom is -0.504 e. The van der Waals surface area contributed by atoms with Crippen molar-refractivity contribution in [2.75, 3.05) is 5.32 Å². The summed E-state index contributed by atoms with van der Waals surface area (Å²) in [5, 5.41) is 14.6. The highest BCUT2D eigenvalue weighted by molar-refractivity contribution is 7.92. The van der Waals surface area contributed by atoms with Crippen LogP contribution in [0, 0.1) is 0 Å². The lowest BCUT2D eigenvalue weighted by molar-refractivity contribution is -0.119. The lowest BCUT2D eigenvalue weighted by atomic mass is 10.3. The Morgan fingerprint density at radius 1 is 1.41 bits per heavy atom. The lowest BCUT2D eigenvalue weighted by Crippen LogP contribution is -2.32. The van der Waals surface area contributed by atoms with Crippen molar-refractivity contribution in [2.24, 2.45) is 4.99 Å². The number of phenolic OH excluding ortho intramolecular Hbond substituents is 1. The van der Waals surface area contributed by atoms with Gasteiger partial charge in [-0.05, 0) is 32.9 Å². The summed E-state index contributed by atoms with van der Waals surface area (Å²) in [6.07, 6.45) is 0. The molecule has 0 fully saturated rings. The largest absolute Gasteiger partial charge is 0.504 e. The fourth-order valence-corrected chi connectivity index (χ4v) is 3.52. The molecule has 1 heterocycles. The molecule has 0 aliphatic carbocycles. The molecule has 0 saturated heterocycles. The van der Waals surface area contributed by atoms with Crippen LogP contribution in [-0.4, -0.2) is 36.7 Å². The number of nitrogens with zero attached hydrogens (tertiary/aromatic N) is 1. The Hall–Kier alpha value is -1.80. The summed E-state index contributed by atoms with van der Waals surface area (Å²) < 4.78 is 24.6. The van der Waals surface area contributed by atoms with Gasteiger partial charge in [-0.1, -0.05) is 11.6 Å². The monoisotopic (exact) mass is 345 g/mol. The molecule has 1 aliphatic heterocycles. The maximum absolute atomic E-state index is 12.3. The average molecular weight is 346 g/mol. The number of hydrogen-bond donors (Lipinski definition) is 3. The number of sulfone groups is 1. The van der Waals surface area contributed by atoms with E-state index in [2.05, 4.69) is 15.6 Å². The van der Waals surface area contributed by atoms with Crippen LogP contribution in [0.5, 0.6) is 5.75 Å². The highest BCUT2D eigenvalue weighted by atomic mass is 35.5. The number of nitrogens with one attached hydrogen (secondary N) is 2. The topological polar surface area (TPSA) is 108 Å². The molecule has 0 bridgehead atoms. The van der Waals surface area contributed by atoms with Crippen molar-refractivity contribution in [1.82, 2.24) is 5.32 Å². The van der Waals surface area contributed by atoms with Crippen molar-refractivity contribution in [3.05, 3.63) is 17.2 Å². The number of hydrogen-bond acceptors (Lipinski definition) is 6. The van der Waals surface area contributed by atoms with Crippen molar-refractivity contribution in [1.29, 1.82) is 0 Å². The number of halogens is 1. The van der Waals surface area contributed by atoms with Crippen molar-refractivity contribution in [2.45, 2.75) is 37.0 Å². The first-order chi connectivity index (χ1) is 10.1. The van der Waals surface area contributed by atoms with Gasteiger partial charge in [-0.3, -0.25) is 10.1 Å². The van der Waals surface area contributed by atoms with E-state index < -0.39 is 26.9 Å². The summed E-state index contributed by atoms with van der Waals surface area (Å²) in [5.74, 6) is -0.647. The van der Waals surface area contributed by atoms with Crippen molar-refractivity contribution < 1.29 is 18.3 Å². The molecule has 0 spiro atoms. The molecule has 120 valence electrons. The number of anilines is 1. The Labute approximate surface area is 133 Å². The number of rotatable bonds is 3. The smallest absolute Gasteiger partial charge is 0.251 e. The van der Waals surface area contributed by atoms with E-state index >= 15 is 0 Å². The first-order valence-electron chi connectivity index (χ1n) is 6.55. The molecule has 3 N–H and O–H groups in total. The molecule has 2 rings (SSSR count). The van der Waals surface area contributed by atoms with Gasteiger partial charge in [-0.25, -0.2) is 13.4 Å². The normalized spacial score (nSPS) is 18.3. The first kappa shape index (κ1) is 16.6. The summed E-state index contributed by atoms with van der Waals surface area (Å²) in [7, 11) is -3.77. The molecule has 1 amide bonds. The third kappa shape index (κ3) is 2.89. The Morgan fingerprint density at radius 3 is 2.55 bits per heavy atom. The molecular weight excluding hydrogens is 330 g/mol. The van der Waals surface area contributed by atoms with E-state index in [4.69, 9.17) is 11.6 Å². The molecular formula is C13H16ClN3O4S. The number of phenols is 1. The summed E-state index contributed by atoms with van der Waals surface area (Å²) >= 11 is 5.93. The number of guanidine groups is 1. The maximum atomic E-state index is 12.3. The van der Waals surface area contributed by atoms with Crippen LogP contribution in [0.1, 0.15) is 20.8 Å². The first-order valence-corrected chi connectivity index (χ1v) is 8.48. The van der Waals surface area contributed by atoms with Gasteiger partial charge in [0.25, 0.3) is 5.91 Å². The van der Waals surface area contributed by atoms with Gasteiger partial charge in [0.1, 0.15) is 10.9 Å². The second-order valence-corrected chi connectivity index (χ2v) is 7.98. The van der Waals surface area contributed by atoms with Crippen molar-refractivity contribution in [3.63, 3.8) is 0 Å². The van der Waals surface area contributed by atoms with Crippen molar-refractivity contribution in [3.8, 4) is 5.75 Å². The molecule has 0 saturated carbocycles. The summed E-state index contributed by atoms with van der Waals surface area (Å²) in [5.41, 5.74) is 0.0942. The summed E-state index contributed by atoms with van der Waals surface area (Å²) in [6, 6.07) is 2.23. The minimum atomic E-state index is -3.77. The van der Waals surface area contributed by atoms with Gasteiger partial charge in [-0.15, -0.1) is 0 Å². The van der Waals surface area contributed by atoms with E-state index in [1.807, 2.05) is 0 Å². The zero-order valence-corrected chi connectivity index (χ0v) is 13.8. The SMILES string of the molecule is CC(C)S(=O)(=O)c1c(Cl)ccc(NC2=N[C@@H](C)C(=O)N2)c1O. The van der Waals surface area contributed by atoms with E-state index in [1.165, 1.54) is 26.0 Å². The lowest BCUT2D eigenvalue weighted by Gasteiger charge is -2.15. The van der Waals surface area contributed by atoms with Gasteiger partial charge in [0.2, 0.25) is 5.96 Å². The number of amides is 1. The molecule has 0 radical (unpaired) electrons. The van der Waals surface area contributed by atoms with E-state index in [9.17, 15) is 18.3 Å². The second kappa shape index (κ2) is 5.77. The molecule has 22 heavy (non-hydrogen) atoms. The molecule has 1 aliphatic rings. The highest BCUT2D eigenvalue weighted by Gasteiger charge is 2.29. The molecule has 9 heteroatoms. The van der Waals surface area contributed by atoms with Crippen LogP contribution in [0.3, 0.4) is 0 Å². The van der Waals surface area contributed by atoms with Crippen molar-refractivity contribution >= 4 is 39.0 Å². The summed E-state index contributed by atoms with van der Waals surface area (Å²) in [6.45, 7) is 4.60. The Kier molecular flexibility index (Phi) is 4.35. The van der Waals surface area contributed by atoms with Crippen LogP contribution < -0.4 is 10.6 Å². The third-order valence-electron chi connectivity index (χ3n) is 3.19. The zero-order valence-electron chi connectivity index (χ0n) is 12.2. The molecule has 1 atom stereocenters. The van der Waals surface area contributed by atoms with Gasteiger partial charge in [0.15, 0.2) is 15.6 Å². The molecule has 0 unspecified atom stereocenters. The Bertz CT molecular complexity index is 759. The van der Waals surface area contributed by atoms with E-state index in [-0.39, 0.29) is 27.5 Å². The van der Waals surface area contributed by atoms with Crippen LogP contribution in [0.2, 0.25) is 5.02 Å². The standard InChI is InChI=1S/C13H16ClN3O4S/c1-6(2)22(20,21)11-8(14)4-5-9(10(11)18)16-13-15-7(3)12(19)17-13/h4-7,18H,1-3H3,(H2,15,16,17,19)/t7-/m0/s1. The van der Waals surface area contributed by atoms with Crippen LogP contribution >= 0.6 is 11.6 Å². The molecule has 7 nitrogen and oxygen atoms in total. The summed E-state index contributed by atoms with van der Waals surface area (Å²) in [4.78, 5) is 15.1. The predicted octanol–water partition coefficient (Wildman–Crippen LogP) is 1.51.